The van der Waals surface area contributed by atoms with E-state index in [1.54, 1.807) is 23.1 Å². The van der Waals surface area contributed by atoms with Gasteiger partial charge in [0.25, 0.3) is 5.91 Å². The largest absolute Gasteiger partial charge is 0.336 e. The number of sulfonamides is 1. The van der Waals surface area contributed by atoms with Crippen LogP contribution in [0.5, 0.6) is 0 Å². The number of piperazine rings is 1. The summed E-state index contributed by atoms with van der Waals surface area (Å²) >= 11 is 5.88. The third kappa shape index (κ3) is 4.53. The molecular formula is C25H24ClN3O4S. The van der Waals surface area contributed by atoms with Gasteiger partial charge in [-0.25, -0.2) is 8.42 Å². The van der Waals surface area contributed by atoms with E-state index in [0.717, 1.165) is 23.6 Å². The number of halogens is 1. The van der Waals surface area contributed by atoms with Crippen LogP contribution in [0.25, 0.3) is 10.8 Å². The second-order valence-corrected chi connectivity index (χ2v) is 11.0. The SMILES string of the molecule is O=C(Nc1cc2ccccc2cc1C(=O)N1CCN(S(=O)(=O)c2ccc(Cl)cc2)CC1)C1CC1. The lowest BCUT2D eigenvalue weighted by Crippen LogP contribution is -2.50. The summed E-state index contributed by atoms with van der Waals surface area (Å²) in [4.78, 5) is 27.8. The van der Waals surface area contributed by atoms with E-state index in [9.17, 15) is 18.0 Å². The van der Waals surface area contributed by atoms with Gasteiger partial charge in [-0.05, 0) is 60.0 Å². The van der Waals surface area contributed by atoms with Gasteiger partial charge in [0.05, 0.1) is 16.1 Å². The molecule has 3 aromatic carbocycles. The summed E-state index contributed by atoms with van der Waals surface area (Å²) in [7, 11) is -3.67. The van der Waals surface area contributed by atoms with Gasteiger partial charge in [-0.1, -0.05) is 35.9 Å². The highest BCUT2D eigenvalue weighted by molar-refractivity contribution is 7.89. The molecule has 0 bridgehead atoms. The molecule has 0 aromatic heterocycles. The summed E-state index contributed by atoms with van der Waals surface area (Å²) in [5.41, 5.74) is 0.915. The average Bonchev–Trinajstić information content (AvgIpc) is 3.69. The molecule has 3 aromatic rings. The van der Waals surface area contributed by atoms with Crippen molar-refractivity contribution in [3.63, 3.8) is 0 Å². The van der Waals surface area contributed by atoms with Gasteiger partial charge in [0.15, 0.2) is 0 Å². The zero-order chi connectivity index (χ0) is 23.9. The third-order valence-corrected chi connectivity index (χ3v) is 8.46. The number of carbonyl (C=O) groups is 2. The van der Waals surface area contributed by atoms with Crippen LogP contribution in [0, 0.1) is 5.92 Å². The van der Waals surface area contributed by atoms with E-state index < -0.39 is 10.0 Å². The maximum absolute atomic E-state index is 13.5. The van der Waals surface area contributed by atoms with E-state index in [1.807, 2.05) is 30.3 Å². The summed E-state index contributed by atoms with van der Waals surface area (Å²) in [6.45, 7) is 0.894. The fraction of sp³-hybridized carbons (Fsp3) is 0.280. The first-order valence-corrected chi connectivity index (χ1v) is 13.0. The summed E-state index contributed by atoms with van der Waals surface area (Å²) < 4.78 is 27.3. The van der Waals surface area contributed by atoms with Crippen LogP contribution in [0.15, 0.2) is 65.6 Å². The number of anilines is 1. The van der Waals surface area contributed by atoms with Crippen molar-refractivity contribution < 1.29 is 18.0 Å². The molecule has 1 saturated heterocycles. The highest BCUT2D eigenvalue weighted by atomic mass is 35.5. The number of nitrogens with zero attached hydrogens (tertiary/aromatic N) is 2. The van der Waals surface area contributed by atoms with Crippen LogP contribution in [0.4, 0.5) is 5.69 Å². The molecule has 2 fully saturated rings. The first kappa shape index (κ1) is 22.8. The third-order valence-electron chi connectivity index (χ3n) is 6.30. The van der Waals surface area contributed by atoms with E-state index in [1.165, 1.54) is 16.4 Å². The molecule has 1 aliphatic carbocycles. The highest BCUT2D eigenvalue weighted by Gasteiger charge is 2.33. The van der Waals surface area contributed by atoms with Crippen LogP contribution in [0.3, 0.4) is 0 Å². The molecule has 34 heavy (non-hydrogen) atoms. The Kier molecular flexibility index (Phi) is 6.06. The van der Waals surface area contributed by atoms with E-state index >= 15 is 0 Å². The number of hydrogen-bond donors (Lipinski definition) is 1. The molecule has 1 N–H and O–H groups in total. The zero-order valence-electron chi connectivity index (χ0n) is 18.4. The number of benzene rings is 3. The van der Waals surface area contributed by atoms with Gasteiger partial charge in [0.2, 0.25) is 15.9 Å². The molecule has 1 heterocycles. The fourth-order valence-corrected chi connectivity index (χ4v) is 5.71. The number of nitrogens with one attached hydrogen (secondary N) is 1. The standard InChI is InChI=1S/C25H24ClN3O4S/c26-20-7-9-21(10-8-20)34(32,33)29-13-11-28(12-14-29)25(31)22-15-18-3-1-2-4-19(18)16-23(22)27-24(30)17-5-6-17/h1-4,7-10,15-17H,5-6,11-14H2,(H,27,30). The van der Waals surface area contributed by atoms with Crippen LogP contribution in [0.1, 0.15) is 23.2 Å². The molecular weight excluding hydrogens is 474 g/mol. The number of rotatable bonds is 5. The van der Waals surface area contributed by atoms with Gasteiger partial charge in [-0.2, -0.15) is 4.31 Å². The molecule has 9 heteroatoms. The van der Waals surface area contributed by atoms with Crippen molar-refractivity contribution in [1.82, 2.24) is 9.21 Å². The summed E-state index contributed by atoms with van der Waals surface area (Å²) in [5, 5.41) is 5.24. The van der Waals surface area contributed by atoms with Crippen molar-refractivity contribution in [3.8, 4) is 0 Å². The number of amides is 2. The molecule has 0 atom stereocenters. The molecule has 7 nitrogen and oxygen atoms in total. The fourth-order valence-electron chi connectivity index (χ4n) is 4.16. The molecule has 1 saturated carbocycles. The van der Waals surface area contributed by atoms with Gasteiger partial charge in [0, 0.05) is 37.1 Å². The molecule has 5 rings (SSSR count). The molecule has 2 amide bonds. The van der Waals surface area contributed by atoms with Gasteiger partial charge < -0.3 is 10.2 Å². The lowest BCUT2D eigenvalue weighted by atomic mass is 10.0. The molecule has 0 spiro atoms. The zero-order valence-corrected chi connectivity index (χ0v) is 20.0. The number of fused-ring (bicyclic) bond motifs is 1. The normalized spacial score (nSPS) is 17.0. The Morgan fingerprint density at radius 3 is 2.12 bits per heavy atom. The van der Waals surface area contributed by atoms with E-state index in [2.05, 4.69) is 5.32 Å². The van der Waals surface area contributed by atoms with Crippen molar-refractivity contribution >= 4 is 49.9 Å². The smallest absolute Gasteiger partial charge is 0.256 e. The Labute approximate surface area is 203 Å². The van der Waals surface area contributed by atoms with Crippen LogP contribution in [0.2, 0.25) is 5.02 Å². The van der Waals surface area contributed by atoms with Crippen molar-refractivity contribution in [2.45, 2.75) is 17.7 Å². The Bertz CT molecular complexity index is 1360. The topological polar surface area (TPSA) is 86.8 Å². The minimum atomic E-state index is -3.67. The second kappa shape index (κ2) is 9.02. The second-order valence-electron chi connectivity index (χ2n) is 8.66. The maximum atomic E-state index is 13.5. The van der Waals surface area contributed by atoms with Crippen LogP contribution < -0.4 is 5.32 Å². The van der Waals surface area contributed by atoms with E-state index in [0.29, 0.717) is 16.3 Å². The predicted octanol–water partition coefficient (Wildman–Crippen LogP) is 3.99. The lowest BCUT2D eigenvalue weighted by molar-refractivity contribution is -0.117. The van der Waals surface area contributed by atoms with E-state index in [-0.39, 0.29) is 48.8 Å². The monoisotopic (exact) mass is 497 g/mol. The lowest BCUT2D eigenvalue weighted by Gasteiger charge is -2.34. The van der Waals surface area contributed by atoms with Gasteiger partial charge in [0.1, 0.15) is 0 Å². The first-order chi connectivity index (χ1) is 16.3. The molecule has 1 aliphatic heterocycles. The van der Waals surface area contributed by atoms with Gasteiger partial charge in [-0.3, -0.25) is 9.59 Å². The molecule has 176 valence electrons. The first-order valence-electron chi connectivity index (χ1n) is 11.2. The molecule has 0 radical (unpaired) electrons. The average molecular weight is 498 g/mol. The summed E-state index contributed by atoms with van der Waals surface area (Å²) in [6.07, 6.45) is 1.74. The Morgan fingerprint density at radius 1 is 0.882 bits per heavy atom. The van der Waals surface area contributed by atoms with Gasteiger partial charge in [-0.15, -0.1) is 0 Å². The number of carbonyl (C=O) groups excluding carboxylic acids is 2. The summed E-state index contributed by atoms with van der Waals surface area (Å²) in [5.74, 6) is -0.278. The minimum Gasteiger partial charge on any atom is -0.336 e. The quantitative estimate of drug-likeness (QED) is 0.577. The maximum Gasteiger partial charge on any atom is 0.256 e. The van der Waals surface area contributed by atoms with E-state index in [4.69, 9.17) is 11.6 Å². The molecule has 0 unspecified atom stereocenters. The van der Waals surface area contributed by atoms with Crippen molar-refractivity contribution in [1.29, 1.82) is 0 Å². The Morgan fingerprint density at radius 2 is 1.50 bits per heavy atom. The van der Waals surface area contributed by atoms with Crippen LogP contribution in [-0.2, 0) is 14.8 Å². The molecule has 2 aliphatic rings. The highest BCUT2D eigenvalue weighted by Crippen LogP contribution is 2.32. The minimum absolute atomic E-state index is 0.0102. The summed E-state index contributed by atoms with van der Waals surface area (Å²) in [6, 6.07) is 17.4. The van der Waals surface area contributed by atoms with Crippen molar-refractivity contribution in [2.75, 3.05) is 31.5 Å². The van der Waals surface area contributed by atoms with Crippen LogP contribution >= 0.6 is 11.6 Å². The predicted molar refractivity (Wildman–Crippen MR) is 131 cm³/mol. The Balaban J connectivity index is 1.36. The van der Waals surface area contributed by atoms with Crippen LogP contribution in [-0.4, -0.2) is 55.6 Å². The van der Waals surface area contributed by atoms with Gasteiger partial charge >= 0.3 is 0 Å². The number of hydrogen-bond acceptors (Lipinski definition) is 4. The Hall–Kier alpha value is -2.94. The van der Waals surface area contributed by atoms with Crippen molar-refractivity contribution in [3.05, 3.63) is 71.2 Å². The van der Waals surface area contributed by atoms with Crippen molar-refractivity contribution in [2.24, 2.45) is 5.92 Å².